The molecule has 0 amide bonds. The lowest BCUT2D eigenvalue weighted by atomic mass is 10.2. The van der Waals surface area contributed by atoms with Gasteiger partial charge in [0.05, 0.1) is 10.6 Å². The van der Waals surface area contributed by atoms with E-state index in [2.05, 4.69) is 12.2 Å². The lowest BCUT2D eigenvalue weighted by molar-refractivity contribution is 0.489. The molecule has 0 spiro atoms. The maximum atomic E-state index is 12.8. The molecular weight excluding hydrogens is 265 g/mol. The van der Waals surface area contributed by atoms with Crippen molar-refractivity contribution in [3.63, 3.8) is 0 Å². The van der Waals surface area contributed by atoms with E-state index < -0.39 is 15.7 Å². The SMILES string of the molecule is CCCNC(CS(=O)(=O)c1ccc(F)cc1)C1CC1. The van der Waals surface area contributed by atoms with Crippen LogP contribution in [-0.2, 0) is 9.84 Å². The van der Waals surface area contributed by atoms with Crippen LogP contribution >= 0.6 is 0 Å². The molecule has 1 aromatic rings. The van der Waals surface area contributed by atoms with Crippen LogP contribution in [0.15, 0.2) is 29.2 Å². The van der Waals surface area contributed by atoms with Crippen molar-refractivity contribution >= 4 is 9.84 Å². The molecule has 0 bridgehead atoms. The Kier molecular flexibility index (Phi) is 4.58. The average molecular weight is 285 g/mol. The first-order valence-corrected chi connectivity index (χ1v) is 8.40. The minimum Gasteiger partial charge on any atom is -0.313 e. The van der Waals surface area contributed by atoms with E-state index in [-0.39, 0.29) is 16.7 Å². The standard InChI is InChI=1S/C14H20FNO2S/c1-2-9-16-14(11-3-4-11)10-19(17,18)13-7-5-12(15)6-8-13/h5-8,11,14,16H,2-4,9-10H2,1H3. The van der Waals surface area contributed by atoms with Gasteiger partial charge in [0.2, 0.25) is 0 Å². The summed E-state index contributed by atoms with van der Waals surface area (Å²) in [6.45, 7) is 2.89. The summed E-state index contributed by atoms with van der Waals surface area (Å²) in [5.41, 5.74) is 0. The van der Waals surface area contributed by atoms with Gasteiger partial charge in [-0.1, -0.05) is 6.92 Å². The van der Waals surface area contributed by atoms with Crippen molar-refractivity contribution in [2.24, 2.45) is 5.92 Å². The molecule has 5 heteroatoms. The fourth-order valence-corrected chi connectivity index (χ4v) is 3.77. The summed E-state index contributed by atoms with van der Waals surface area (Å²) < 4.78 is 37.4. The largest absolute Gasteiger partial charge is 0.313 e. The fourth-order valence-electron chi connectivity index (χ4n) is 2.16. The Labute approximate surface area is 114 Å². The number of halogens is 1. The van der Waals surface area contributed by atoms with Crippen molar-refractivity contribution in [1.82, 2.24) is 5.32 Å². The van der Waals surface area contributed by atoms with Gasteiger partial charge in [-0.05, 0) is 56.0 Å². The molecule has 0 aliphatic heterocycles. The third kappa shape index (κ3) is 4.01. The Morgan fingerprint density at radius 1 is 1.32 bits per heavy atom. The van der Waals surface area contributed by atoms with Crippen LogP contribution in [0.4, 0.5) is 4.39 Å². The van der Waals surface area contributed by atoms with Gasteiger partial charge in [-0.15, -0.1) is 0 Å². The van der Waals surface area contributed by atoms with Crippen molar-refractivity contribution in [1.29, 1.82) is 0 Å². The van der Waals surface area contributed by atoms with Crippen LogP contribution in [0, 0.1) is 11.7 Å². The lowest BCUT2D eigenvalue weighted by Crippen LogP contribution is -2.38. The maximum Gasteiger partial charge on any atom is 0.179 e. The topological polar surface area (TPSA) is 46.2 Å². The van der Waals surface area contributed by atoms with E-state index in [0.29, 0.717) is 5.92 Å². The molecule has 0 heterocycles. The lowest BCUT2D eigenvalue weighted by Gasteiger charge is -2.18. The Morgan fingerprint density at radius 3 is 2.47 bits per heavy atom. The van der Waals surface area contributed by atoms with Crippen LogP contribution in [0.5, 0.6) is 0 Å². The van der Waals surface area contributed by atoms with E-state index in [0.717, 1.165) is 25.8 Å². The summed E-state index contributed by atoms with van der Waals surface area (Å²) in [5.74, 6) is 0.159. The third-order valence-electron chi connectivity index (χ3n) is 3.42. The molecule has 0 radical (unpaired) electrons. The molecule has 1 unspecified atom stereocenters. The predicted molar refractivity (Wildman–Crippen MR) is 73.3 cm³/mol. The molecule has 1 saturated carbocycles. The smallest absolute Gasteiger partial charge is 0.179 e. The molecule has 106 valence electrons. The Morgan fingerprint density at radius 2 is 1.95 bits per heavy atom. The summed E-state index contributed by atoms with van der Waals surface area (Å²) >= 11 is 0. The van der Waals surface area contributed by atoms with Crippen LogP contribution in [0.2, 0.25) is 0 Å². The summed E-state index contributed by atoms with van der Waals surface area (Å²) in [6, 6.07) is 5.09. The van der Waals surface area contributed by atoms with Gasteiger partial charge >= 0.3 is 0 Å². The highest BCUT2D eigenvalue weighted by atomic mass is 32.2. The summed E-state index contributed by atoms with van der Waals surface area (Å²) in [7, 11) is -3.34. The average Bonchev–Trinajstić information content (AvgIpc) is 3.19. The van der Waals surface area contributed by atoms with Crippen LogP contribution < -0.4 is 5.32 Å². The second-order valence-corrected chi connectivity index (χ2v) is 7.17. The number of hydrogen-bond donors (Lipinski definition) is 1. The number of benzene rings is 1. The maximum absolute atomic E-state index is 12.8. The molecule has 3 nitrogen and oxygen atoms in total. The normalized spacial score (nSPS) is 17.4. The molecule has 1 aliphatic rings. The van der Waals surface area contributed by atoms with Crippen LogP contribution in [0.3, 0.4) is 0 Å². The highest BCUT2D eigenvalue weighted by molar-refractivity contribution is 7.91. The van der Waals surface area contributed by atoms with E-state index in [1.807, 2.05) is 0 Å². The van der Waals surface area contributed by atoms with Crippen molar-refractivity contribution in [3.05, 3.63) is 30.1 Å². The molecule has 1 N–H and O–H groups in total. The number of rotatable bonds is 7. The second kappa shape index (κ2) is 6.01. The number of hydrogen-bond acceptors (Lipinski definition) is 3. The van der Waals surface area contributed by atoms with Gasteiger partial charge in [0, 0.05) is 6.04 Å². The second-order valence-electron chi connectivity index (χ2n) is 5.13. The Balaban J connectivity index is 2.08. The quantitative estimate of drug-likeness (QED) is 0.782. The number of nitrogens with one attached hydrogen (secondary N) is 1. The fraction of sp³-hybridized carbons (Fsp3) is 0.571. The molecule has 0 aromatic heterocycles. The Bertz CT molecular complexity index is 509. The molecule has 1 fully saturated rings. The van der Waals surface area contributed by atoms with Crippen molar-refractivity contribution < 1.29 is 12.8 Å². The first-order valence-electron chi connectivity index (χ1n) is 6.74. The monoisotopic (exact) mass is 285 g/mol. The molecule has 1 aliphatic carbocycles. The van der Waals surface area contributed by atoms with Crippen molar-refractivity contribution in [2.45, 2.75) is 37.1 Å². The molecule has 19 heavy (non-hydrogen) atoms. The molecule has 2 rings (SSSR count). The molecule has 0 saturated heterocycles. The van der Waals surface area contributed by atoms with E-state index in [1.165, 1.54) is 24.3 Å². The Hall–Kier alpha value is -0.940. The van der Waals surface area contributed by atoms with Crippen molar-refractivity contribution in [3.8, 4) is 0 Å². The predicted octanol–water partition coefficient (Wildman–Crippen LogP) is 2.38. The first kappa shape index (κ1) is 14.5. The van der Waals surface area contributed by atoms with E-state index >= 15 is 0 Å². The van der Waals surface area contributed by atoms with Crippen molar-refractivity contribution in [2.75, 3.05) is 12.3 Å². The van der Waals surface area contributed by atoms with E-state index in [4.69, 9.17) is 0 Å². The summed E-state index contributed by atoms with van der Waals surface area (Å²) in [6.07, 6.45) is 3.18. The first-order chi connectivity index (χ1) is 9.03. The zero-order valence-electron chi connectivity index (χ0n) is 11.1. The van der Waals surface area contributed by atoms with Gasteiger partial charge in [-0.3, -0.25) is 0 Å². The molecule has 1 atom stereocenters. The number of sulfone groups is 1. The third-order valence-corrected chi connectivity index (χ3v) is 5.21. The van der Waals surface area contributed by atoms with E-state index in [9.17, 15) is 12.8 Å². The van der Waals surface area contributed by atoms with Gasteiger partial charge in [-0.2, -0.15) is 0 Å². The molecular formula is C14H20FNO2S. The van der Waals surface area contributed by atoms with Crippen LogP contribution in [0.25, 0.3) is 0 Å². The van der Waals surface area contributed by atoms with Crippen LogP contribution in [0.1, 0.15) is 26.2 Å². The molecule has 1 aromatic carbocycles. The van der Waals surface area contributed by atoms with Gasteiger partial charge in [-0.25, -0.2) is 12.8 Å². The summed E-state index contributed by atoms with van der Waals surface area (Å²) in [4.78, 5) is 0.206. The van der Waals surface area contributed by atoms with Gasteiger partial charge in [0.1, 0.15) is 5.82 Å². The highest BCUT2D eigenvalue weighted by Gasteiger charge is 2.34. The van der Waals surface area contributed by atoms with E-state index in [1.54, 1.807) is 0 Å². The summed E-state index contributed by atoms with van der Waals surface area (Å²) in [5, 5.41) is 3.32. The van der Waals surface area contributed by atoms with Gasteiger partial charge in [0.25, 0.3) is 0 Å². The zero-order valence-corrected chi connectivity index (χ0v) is 11.9. The minimum absolute atomic E-state index is 0.0232. The van der Waals surface area contributed by atoms with Gasteiger partial charge in [0.15, 0.2) is 9.84 Å². The minimum atomic E-state index is -3.34. The zero-order chi connectivity index (χ0) is 13.9. The van der Waals surface area contributed by atoms with Crippen LogP contribution in [-0.4, -0.2) is 26.8 Å². The van der Waals surface area contributed by atoms with Gasteiger partial charge < -0.3 is 5.32 Å². The highest BCUT2D eigenvalue weighted by Crippen LogP contribution is 2.34.